The van der Waals surface area contributed by atoms with Gasteiger partial charge in [0.05, 0.1) is 16.1 Å². The zero-order valence-corrected chi connectivity index (χ0v) is 12.5. The number of hydrogen-bond acceptors (Lipinski definition) is 4. The van der Waals surface area contributed by atoms with Crippen LogP contribution >= 0.6 is 22.9 Å². The minimum atomic E-state index is -0.997. The van der Waals surface area contributed by atoms with E-state index in [1.165, 1.54) is 18.3 Å². The number of nitrogens with zero attached hydrogens (tertiary/aromatic N) is 1. The molecule has 1 aromatic carbocycles. The summed E-state index contributed by atoms with van der Waals surface area (Å²) < 4.78 is 0.867. The number of aromatic nitrogens is 1. The van der Waals surface area contributed by atoms with E-state index in [-0.39, 0.29) is 5.91 Å². The molecule has 0 saturated heterocycles. The third kappa shape index (κ3) is 3.08. The maximum atomic E-state index is 12.0. The van der Waals surface area contributed by atoms with E-state index in [9.17, 15) is 9.59 Å². The number of amides is 1. The van der Waals surface area contributed by atoms with Crippen molar-refractivity contribution in [2.24, 2.45) is 11.8 Å². The highest BCUT2D eigenvalue weighted by atomic mass is 35.5. The number of fused-ring (bicyclic) bond motifs is 1. The Morgan fingerprint density at radius 1 is 1.35 bits per heavy atom. The Labute approximate surface area is 124 Å². The smallest absolute Gasteiger partial charge is 0.307 e. The van der Waals surface area contributed by atoms with Crippen LogP contribution in [0.4, 0.5) is 5.13 Å². The lowest BCUT2D eigenvalue weighted by atomic mass is 9.95. The van der Waals surface area contributed by atoms with Crippen LogP contribution in [-0.2, 0) is 9.59 Å². The summed E-state index contributed by atoms with van der Waals surface area (Å²) in [5.74, 6) is -2.74. The van der Waals surface area contributed by atoms with Crippen molar-refractivity contribution in [3.05, 3.63) is 23.2 Å². The van der Waals surface area contributed by atoms with Gasteiger partial charge in [0.1, 0.15) is 0 Å². The zero-order chi connectivity index (χ0) is 14.9. The second-order valence-electron chi connectivity index (χ2n) is 4.54. The van der Waals surface area contributed by atoms with Crippen LogP contribution in [0.25, 0.3) is 10.2 Å². The Bertz CT molecular complexity index is 671. The first-order valence-electron chi connectivity index (χ1n) is 5.98. The number of thiazole rings is 1. The van der Waals surface area contributed by atoms with E-state index in [1.54, 1.807) is 25.1 Å². The third-order valence-electron chi connectivity index (χ3n) is 3.13. The number of aliphatic carboxylic acids is 1. The van der Waals surface area contributed by atoms with Gasteiger partial charge in [0.2, 0.25) is 5.91 Å². The molecule has 2 unspecified atom stereocenters. The van der Waals surface area contributed by atoms with Crippen LogP contribution in [0.15, 0.2) is 18.2 Å². The summed E-state index contributed by atoms with van der Waals surface area (Å²) in [4.78, 5) is 27.1. The molecule has 1 heterocycles. The molecule has 7 heteroatoms. The fourth-order valence-electron chi connectivity index (χ4n) is 1.61. The van der Waals surface area contributed by atoms with E-state index < -0.39 is 17.8 Å². The van der Waals surface area contributed by atoms with Crippen LogP contribution in [0.2, 0.25) is 5.02 Å². The molecular formula is C13H13ClN2O3S. The van der Waals surface area contributed by atoms with E-state index in [1.807, 2.05) is 0 Å². The average molecular weight is 313 g/mol. The standard InChI is InChI=1S/C13H13ClN2O3S/c1-6(7(2)12(18)19)11(17)16-13-15-9-4-3-8(14)5-10(9)20-13/h3-7H,1-2H3,(H,18,19)(H,15,16,17). The minimum absolute atomic E-state index is 0.356. The maximum absolute atomic E-state index is 12.0. The molecule has 0 radical (unpaired) electrons. The van der Waals surface area contributed by atoms with Gasteiger partial charge < -0.3 is 10.4 Å². The summed E-state index contributed by atoms with van der Waals surface area (Å²) in [5, 5.41) is 12.6. The summed E-state index contributed by atoms with van der Waals surface area (Å²) in [5.41, 5.74) is 0.744. The normalized spacial score (nSPS) is 13.9. The first-order valence-corrected chi connectivity index (χ1v) is 7.17. The molecule has 0 spiro atoms. The van der Waals surface area contributed by atoms with Gasteiger partial charge in [-0.3, -0.25) is 9.59 Å². The molecule has 0 aliphatic rings. The molecule has 0 aliphatic heterocycles. The van der Waals surface area contributed by atoms with E-state index >= 15 is 0 Å². The molecule has 1 aromatic heterocycles. The predicted molar refractivity (Wildman–Crippen MR) is 79.2 cm³/mol. The summed E-state index contributed by atoms with van der Waals surface area (Å²) in [6.07, 6.45) is 0. The van der Waals surface area contributed by atoms with Crippen molar-refractivity contribution in [2.45, 2.75) is 13.8 Å². The maximum Gasteiger partial charge on any atom is 0.307 e. The topological polar surface area (TPSA) is 79.3 Å². The number of rotatable bonds is 4. The lowest BCUT2D eigenvalue weighted by molar-refractivity contribution is -0.145. The first kappa shape index (κ1) is 14.7. The summed E-state index contributed by atoms with van der Waals surface area (Å²) in [7, 11) is 0. The number of carbonyl (C=O) groups excluding carboxylic acids is 1. The fraction of sp³-hybridized carbons (Fsp3) is 0.308. The Balaban J connectivity index is 2.15. The van der Waals surface area contributed by atoms with Gasteiger partial charge in [0.25, 0.3) is 0 Å². The van der Waals surface area contributed by atoms with Crippen molar-refractivity contribution in [1.82, 2.24) is 4.98 Å². The fourth-order valence-corrected chi connectivity index (χ4v) is 2.76. The average Bonchev–Trinajstić information content (AvgIpc) is 2.77. The minimum Gasteiger partial charge on any atom is -0.481 e. The lowest BCUT2D eigenvalue weighted by Crippen LogP contribution is -2.29. The molecule has 2 rings (SSSR count). The lowest BCUT2D eigenvalue weighted by Gasteiger charge is -2.14. The molecule has 0 bridgehead atoms. The molecule has 5 nitrogen and oxygen atoms in total. The van der Waals surface area contributed by atoms with Crippen molar-refractivity contribution < 1.29 is 14.7 Å². The second-order valence-corrected chi connectivity index (χ2v) is 6.00. The number of anilines is 1. The Kier molecular flexibility index (Phi) is 4.25. The van der Waals surface area contributed by atoms with Gasteiger partial charge in [-0.1, -0.05) is 36.8 Å². The molecule has 106 valence electrons. The SMILES string of the molecule is CC(C(=O)O)C(C)C(=O)Nc1nc2ccc(Cl)cc2s1. The molecule has 2 atom stereocenters. The third-order valence-corrected chi connectivity index (χ3v) is 4.30. The van der Waals surface area contributed by atoms with Crippen molar-refractivity contribution in [3.8, 4) is 0 Å². The van der Waals surface area contributed by atoms with Crippen LogP contribution in [-0.4, -0.2) is 22.0 Å². The first-order chi connectivity index (χ1) is 9.38. The highest BCUT2D eigenvalue weighted by Crippen LogP contribution is 2.28. The quantitative estimate of drug-likeness (QED) is 0.908. The van der Waals surface area contributed by atoms with Crippen molar-refractivity contribution in [2.75, 3.05) is 5.32 Å². The molecule has 2 aromatic rings. The molecule has 2 N–H and O–H groups in total. The monoisotopic (exact) mass is 312 g/mol. The van der Waals surface area contributed by atoms with Gasteiger partial charge in [-0.05, 0) is 18.2 Å². The summed E-state index contributed by atoms with van der Waals surface area (Å²) in [6, 6.07) is 5.27. The molecule has 0 saturated carbocycles. The van der Waals surface area contributed by atoms with E-state index in [0.29, 0.717) is 10.2 Å². The van der Waals surface area contributed by atoms with Crippen LogP contribution in [0.5, 0.6) is 0 Å². The highest BCUT2D eigenvalue weighted by Gasteiger charge is 2.26. The molecular weight excluding hydrogens is 300 g/mol. The van der Waals surface area contributed by atoms with Crippen molar-refractivity contribution >= 4 is 50.2 Å². The van der Waals surface area contributed by atoms with E-state index in [2.05, 4.69) is 10.3 Å². The number of benzene rings is 1. The van der Waals surface area contributed by atoms with E-state index in [0.717, 1.165) is 10.2 Å². The highest BCUT2D eigenvalue weighted by molar-refractivity contribution is 7.22. The summed E-state index contributed by atoms with van der Waals surface area (Å²) in [6.45, 7) is 3.09. The molecule has 0 fully saturated rings. The van der Waals surface area contributed by atoms with Crippen LogP contribution in [0.1, 0.15) is 13.8 Å². The Hall–Kier alpha value is -1.66. The van der Waals surface area contributed by atoms with Gasteiger partial charge >= 0.3 is 5.97 Å². The second kappa shape index (κ2) is 5.76. The van der Waals surface area contributed by atoms with Crippen LogP contribution in [0, 0.1) is 11.8 Å². The molecule has 0 aliphatic carbocycles. The zero-order valence-electron chi connectivity index (χ0n) is 10.9. The Morgan fingerprint density at radius 3 is 2.70 bits per heavy atom. The Morgan fingerprint density at radius 2 is 2.05 bits per heavy atom. The van der Waals surface area contributed by atoms with Gasteiger partial charge in [-0.25, -0.2) is 4.98 Å². The van der Waals surface area contributed by atoms with Crippen molar-refractivity contribution in [3.63, 3.8) is 0 Å². The van der Waals surface area contributed by atoms with Gasteiger partial charge in [-0.2, -0.15) is 0 Å². The van der Waals surface area contributed by atoms with Gasteiger partial charge in [-0.15, -0.1) is 0 Å². The number of nitrogens with one attached hydrogen (secondary N) is 1. The van der Waals surface area contributed by atoms with Crippen molar-refractivity contribution in [1.29, 1.82) is 0 Å². The summed E-state index contributed by atoms with van der Waals surface area (Å²) >= 11 is 7.19. The number of carbonyl (C=O) groups is 2. The van der Waals surface area contributed by atoms with Crippen LogP contribution < -0.4 is 5.32 Å². The number of carboxylic acid groups (broad SMARTS) is 1. The molecule has 20 heavy (non-hydrogen) atoms. The van der Waals surface area contributed by atoms with Gasteiger partial charge in [0.15, 0.2) is 5.13 Å². The number of halogens is 1. The largest absolute Gasteiger partial charge is 0.481 e. The number of hydrogen-bond donors (Lipinski definition) is 2. The molecule has 1 amide bonds. The van der Waals surface area contributed by atoms with E-state index in [4.69, 9.17) is 16.7 Å². The predicted octanol–water partition coefficient (Wildman–Crippen LogP) is 3.25. The number of carboxylic acids is 1. The van der Waals surface area contributed by atoms with Gasteiger partial charge in [0, 0.05) is 10.9 Å². The van der Waals surface area contributed by atoms with Crippen LogP contribution in [0.3, 0.4) is 0 Å².